The largest absolute Gasteiger partial charge is 0.506 e. The Morgan fingerprint density at radius 3 is 2.81 bits per heavy atom. The number of rotatable bonds is 0. The first-order valence-corrected chi connectivity index (χ1v) is 5.22. The second-order valence-electron chi connectivity index (χ2n) is 3.19. The third kappa shape index (κ3) is 1.06. The van der Waals surface area contributed by atoms with Gasteiger partial charge in [0.05, 0.1) is 0 Å². The highest BCUT2D eigenvalue weighted by Crippen LogP contribution is 2.29. The van der Waals surface area contributed by atoms with Gasteiger partial charge in [-0.15, -0.1) is 10.2 Å². The van der Waals surface area contributed by atoms with E-state index in [1.165, 1.54) is 0 Å². The predicted molar refractivity (Wildman–Crippen MR) is 59.1 cm³/mol. The molecule has 76 valence electrons. The molecule has 2 heterocycles. The zero-order chi connectivity index (χ0) is 11.1. The van der Waals surface area contributed by atoms with Crippen molar-refractivity contribution in [2.45, 2.75) is 0 Å². The summed E-state index contributed by atoms with van der Waals surface area (Å²) >= 11 is 1.09. The van der Waals surface area contributed by atoms with Gasteiger partial charge in [0.2, 0.25) is 0 Å². The van der Waals surface area contributed by atoms with Crippen LogP contribution in [0.5, 0.6) is 5.75 Å². The number of phenols is 1. The van der Waals surface area contributed by atoms with Gasteiger partial charge in [0.15, 0.2) is 4.88 Å². The minimum atomic E-state index is 0.0680. The molecule has 0 unspecified atom stereocenters. The van der Waals surface area contributed by atoms with Crippen LogP contribution in [-0.4, -0.2) is 19.7 Å². The lowest BCUT2D eigenvalue weighted by Gasteiger charge is -1.98. The van der Waals surface area contributed by atoms with Gasteiger partial charge in [-0.05, 0) is 17.6 Å². The first-order chi connectivity index (χ1) is 7.81. The molecule has 0 aliphatic rings. The number of benzene rings is 1. The van der Waals surface area contributed by atoms with Gasteiger partial charge in [-0.25, -0.2) is 0 Å². The van der Waals surface area contributed by atoms with Crippen LogP contribution in [0.4, 0.5) is 0 Å². The molecule has 0 saturated heterocycles. The van der Waals surface area contributed by atoms with Crippen molar-refractivity contribution in [1.82, 2.24) is 14.6 Å². The monoisotopic (exact) mass is 228 g/mol. The van der Waals surface area contributed by atoms with Crippen molar-refractivity contribution in [3.05, 3.63) is 23.1 Å². The third-order valence-electron chi connectivity index (χ3n) is 2.29. The van der Waals surface area contributed by atoms with E-state index in [4.69, 9.17) is 5.26 Å². The van der Waals surface area contributed by atoms with E-state index < -0.39 is 0 Å². The van der Waals surface area contributed by atoms with Crippen LogP contribution in [0.2, 0.25) is 0 Å². The van der Waals surface area contributed by atoms with Crippen LogP contribution in [0.3, 0.4) is 0 Å². The maximum Gasteiger partial charge on any atom is 0.153 e. The Balaban J connectivity index is 2.57. The molecular formula is C10H4N4OS. The van der Waals surface area contributed by atoms with Crippen molar-refractivity contribution < 1.29 is 5.11 Å². The van der Waals surface area contributed by atoms with Crippen LogP contribution in [0.25, 0.3) is 21.9 Å². The Morgan fingerprint density at radius 2 is 2.00 bits per heavy atom. The molecule has 16 heavy (non-hydrogen) atoms. The average Bonchev–Trinajstić information content (AvgIpc) is 2.72. The molecule has 0 aliphatic heterocycles. The van der Waals surface area contributed by atoms with E-state index in [2.05, 4.69) is 14.6 Å². The molecule has 3 rings (SSSR count). The van der Waals surface area contributed by atoms with Crippen molar-refractivity contribution in [3.8, 4) is 11.8 Å². The molecule has 0 amide bonds. The number of aromatic nitrogens is 3. The Labute approximate surface area is 93.8 Å². The first-order valence-electron chi connectivity index (χ1n) is 4.45. The fourth-order valence-electron chi connectivity index (χ4n) is 1.56. The second-order valence-corrected chi connectivity index (χ2v) is 3.97. The summed E-state index contributed by atoms with van der Waals surface area (Å²) in [6, 6.07) is 7.07. The van der Waals surface area contributed by atoms with E-state index in [1.807, 2.05) is 6.07 Å². The highest BCUT2D eigenvalue weighted by Gasteiger charge is 2.12. The Bertz CT molecular complexity index is 743. The molecule has 0 bridgehead atoms. The summed E-state index contributed by atoms with van der Waals surface area (Å²) in [5, 5.41) is 27.0. The summed E-state index contributed by atoms with van der Waals surface area (Å²) in [5.74, 6) is 0.0680. The fourth-order valence-corrected chi connectivity index (χ4v) is 2.19. The maximum absolute atomic E-state index is 9.60. The lowest BCUT2D eigenvalue weighted by Crippen LogP contribution is -1.87. The van der Waals surface area contributed by atoms with Gasteiger partial charge >= 0.3 is 0 Å². The van der Waals surface area contributed by atoms with Crippen LogP contribution in [-0.2, 0) is 0 Å². The van der Waals surface area contributed by atoms with Crippen molar-refractivity contribution >= 4 is 33.5 Å². The number of fused-ring (bicyclic) bond motifs is 3. The molecule has 5 nitrogen and oxygen atoms in total. The molecule has 0 atom stereocenters. The van der Waals surface area contributed by atoms with Gasteiger partial charge in [0, 0.05) is 5.39 Å². The molecule has 0 radical (unpaired) electrons. The second kappa shape index (κ2) is 3.12. The molecule has 0 saturated carbocycles. The van der Waals surface area contributed by atoms with Crippen LogP contribution >= 0.6 is 11.5 Å². The first kappa shape index (κ1) is 9.00. The molecule has 3 aromatic rings. The SMILES string of the molecule is N#Cc1snc2c1nnc1c(O)cccc12. The number of nitrogens with zero attached hydrogens (tertiary/aromatic N) is 4. The molecule has 2 aromatic heterocycles. The molecule has 0 fully saturated rings. The number of phenolic OH excluding ortho intramolecular Hbond substituents is 1. The van der Waals surface area contributed by atoms with Crippen LogP contribution < -0.4 is 0 Å². The highest BCUT2D eigenvalue weighted by molar-refractivity contribution is 7.07. The molecule has 6 heteroatoms. The number of nitriles is 1. The Hall–Kier alpha value is -2.26. The van der Waals surface area contributed by atoms with Crippen molar-refractivity contribution in [2.24, 2.45) is 0 Å². The van der Waals surface area contributed by atoms with E-state index in [9.17, 15) is 5.11 Å². The van der Waals surface area contributed by atoms with Gasteiger partial charge in [-0.3, -0.25) is 0 Å². The average molecular weight is 228 g/mol. The normalized spacial score (nSPS) is 10.7. The summed E-state index contributed by atoms with van der Waals surface area (Å²) in [6.07, 6.45) is 0. The third-order valence-corrected chi connectivity index (χ3v) is 3.03. The smallest absolute Gasteiger partial charge is 0.153 e. The Morgan fingerprint density at radius 1 is 1.19 bits per heavy atom. The topological polar surface area (TPSA) is 82.7 Å². The Kier molecular flexibility index (Phi) is 1.75. The van der Waals surface area contributed by atoms with Gasteiger partial charge in [-0.1, -0.05) is 12.1 Å². The summed E-state index contributed by atoms with van der Waals surface area (Å²) in [7, 11) is 0. The van der Waals surface area contributed by atoms with Crippen molar-refractivity contribution in [3.63, 3.8) is 0 Å². The quantitative estimate of drug-likeness (QED) is 0.634. The summed E-state index contributed by atoms with van der Waals surface area (Å²) in [6.45, 7) is 0. The van der Waals surface area contributed by atoms with Gasteiger partial charge in [0.25, 0.3) is 0 Å². The van der Waals surface area contributed by atoms with E-state index in [0.717, 1.165) is 11.5 Å². The predicted octanol–water partition coefficient (Wildman–Crippen LogP) is 1.82. The van der Waals surface area contributed by atoms with Gasteiger partial charge in [0.1, 0.15) is 28.4 Å². The molecule has 1 aromatic carbocycles. The molecule has 1 N–H and O–H groups in total. The standard InChI is InChI=1S/C10H4N4OS/c11-4-7-10-9(14-16-7)5-2-1-3-6(15)8(5)12-13-10/h1-3,15H. The number of hydrogen-bond donors (Lipinski definition) is 1. The fraction of sp³-hybridized carbons (Fsp3) is 0. The van der Waals surface area contributed by atoms with Crippen molar-refractivity contribution in [2.75, 3.05) is 0 Å². The summed E-state index contributed by atoms with van der Waals surface area (Å²) in [4.78, 5) is 0.438. The lowest BCUT2D eigenvalue weighted by molar-refractivity contribution is 0.480. The molecule has 0 spiro atoms. The van der Waals surface area contributed by atoms with Crippen LogP contribution in [0.15, 0.2) is 18.2 Å². The lowest BCUT2D eigenvalue weighted by atomic mass is 10.2. The summed E-state index contributed by atoms with van der Waals surface area (Å²) in [5.41, 5.74) is 1.51. The van der Waals surface area contributed by atoms with Gasteiger partial charge in [-0.2, -0.15) is 9.64 Å². The van der Waals surface area contributed by atoms with E-state index in [-0.39, 0.29) is 5.75 Å². The van der Waals surface area contributed by atoms with Crippen LogP contribution in [0, 0.1) is 11.3 Å². The van der Waals surface area contributed by atoms with E-state index >= 15 is 0 Å². The van der Waals surface area contributed by atoms with Gasteiger partial charge < -0.3 is 5.11 Å². The van der Waals surface area contributed by atoms with E-state index in [0.29, 0.717) is 26.8 Å². The zero-order valence-corrected chi connectivity index (χ0v) is 8.69. The molecular weight excluding hydrogens is 224 g/mol. The zero-order valence-electron chi connectivity index (χ0n) is 7.88. The molecule has 0 aliphatic carbocycles. The van der Waals surface area contributed by atoms with Crippen LogP contribution in [0.1, 0.15) is 4.88 Å². The number of aromatic hydroxyl groups is 1. The number of hydrogen-bond acceptors (Lipinski definition) is 6. The van der Waals surface area contributed by atoms with Crippen molar-refractivity contribution in [1.29, 1.82) is 5.26 Å². The minimum absolute atomic E-state index is 0.0680. The minimum Gasteiger partial charge on any atom is -0.506 e. The summed E-state index contributed by atoms with van der Waals surface area (Å²) < 4.78 is 4.16. The van der Waals surface area contributed by atoms with E-state index in [1.54, 1.807) is 18.2 Å². The maximum atomic E-state index is 9.60. The highest BCUT2D eigenvalue weighted by atomic mass is 32.1.